The first-order valence-electron chi connectivity index (χ1n) is 4.00. The Labute approximate surface area is 66.7 Å². The maximum absolute atomic E-state index is 10.7. The highest BCUT2D eigenvalue weighted by Crippen LogP contribution is 2.29. The van der Waals surface area contributed by atoms with Gasteiger partial charge in [-0.25, -0.2) is 0 Å². The van der Waals surface area contributed by atoms with Gasteiger partial charge in [-0.15, -0.1) is 0 Å². The van der Waals surface area contributed by atoms with Gasteiger partial charge in [0, 0.05) is 0 Å². The summed E-state index contributed by atoms with van der Waals surface area (Å²) in [5, 5.41) is 0. The van der Waals surface area contributed by atoms with Crippen molar-refractivity contribution in [3.05, 3.63) is 0 Å². The van der Waals surface area contributed by atoms with Crippen LogP contribution in [-0.2, 0) is 14.3 Å². The van der Waals surface area contributed by atoms with Gasteiger partial charge in [-0.2, -0.15) is 0 Å². The van der Waals surface area contributed by atoms with Crippen LogP contribution in [0.2, 0.25) is 0 Å². The van der Waals surface area contributed by atoms with Crippen molar-refractivity contribution < 1.29 is 14.3 Å². The third kappa shape index (κ3) is 2.50. The van der Waals surface area contributed by atoms with E-state index >= 15 is 0 Å². The van der Waals surface area contributed by atoms with Gasteiger partial charge in [-0.3, -0.25) is 4.79 Å². The van der Waals surface area contributed by atoms with Gasteiger partial charge in [0.2, 0.25) is 0 Å². The van der Waals surface area contributed by atoms with E-state index in [-0.39, 0.29) is 12.1 Å². The Kier molecular flexibility index (Phi) is 2.88. The standard InChI is InChI=1S/C8H14O3/c1-3-4-6-7(11-6)5-8(9)10-2/h6-7H,3-5H2,1-2H3. The second-order valence-corrected chi connectivity index (χ2v) is 2.78. The maximum atomic E-state index is 10.7. The predicted octanol–water partition coefficient (Wildman–Crippen LogP) is 1.12. The highest BCUT2D eigenvalue weighted by Gasteiger charge is 2.39. The fourth-order valence-electron chi connectivity index (χ4n) is 1.14. The molecule has 0 spiro atoms. The van der Waals surface area contributed by atoms with Crippen LogP contribution in [0.25, 0.3) is 0 Å². The second kappa shape index (κ2) is 3.72. The first-order valence-corrected chi connectivity index (χ1v) is 4.00. The number of methoxy groups -OCH3 is 1. The number of carbonyl (C=O) groups is 1. The van der Waals surface area contributed by atoms with Gasteiger partial charge in [0.05, 0.1) is 25.7 Å². The zero-order valence-electron chi connectivity index (χ0n) is 7.00. The summed E-state index contributed by atoms with van der Waals surface area (Å²) in [5.74, 6) is -0.173. The van der Waals surface area contributed by atoms with E-state index in [4.69, 9.17) is 4.74 Å². The number of ether oxygens (including phenoxy) is 2. The number of epoxide rings is 1. The summed E-state index contributed by atoms with van der Waals surface area (Å²) >= 11 is 0. The monoisotopic (exact) mass is 158 g/mol. The van der Waals surface area contributed by atoms with Crippen LogP contribution in [0.1, 0.15) is 26.2 Å². The zero-order valence-corrected chi connectivity index (χ0v) is 7.00. The molecule has 0 radical (unpaired) electrons. The van der Waals surface area contributed by atoms with Crippen LogP contribution >= 0.6 is 0 Å². The quantitative estimate of drug-likeness (QED) is 0.454. The minimum absolute atomic E-state index is 0.141. The van der Waals surface area contributed by atoms with Crippen LogP contribution in [0, 0.1) is 0 Å². The molecule has 3 nitrogen and oxygen atoms in total. The fourth-order valence-corrected chi connectivity index (χ4v) is 1.14. The fraction of sp³-hybridized carbons (Fsp3) is 0.875. The van der Waals surface area contributed by atoms with Gasteiger partial charge in [0.1, 0.15) is 0 Å². The topological polar surface area (TPSA) is 38.8 Å². The SMILES string of the molecule is CCCC1OC1CC(=O)OC. The zero-order chi connectivity index (χ0) is 8.27. The Morgan fingerprint density at radius 1 is 1.55 bits per heavy atom. The van der Waals surface area contributed by atoms with E-state index in [0.29, 0.717) is 12.5 Å². The van der Waals surface area contributed by atoms with Crippen molar-refractivity contribution >= 4 is 5.97 Å². The molecule has 2 unspecified atom stereocenters. The third-order valence-electron chi connectivity index (χ3n) is 1.86. The minimum atomic E-state index is -0.173. The van der Waals surface area contributed by atoms with Crippen molar-refractivity contribution in [3.63, 3.8) is 0 Å². The molecule has 64 valence electrons. The molecule has 0 aromatic carbocycles. The van der Waals surface area contributed by atoms with Gasteiger partial charge in [-0.1, -0.05) is 13.3 Å². The van der Waals surface area contributed by atoms with Crippen molar-refractivity contribution in [2.75, 3.05) is 7.11 Å². The second-order valence-electron chi connectivity index (χ2n) is 2.78. The van der Waals surface area contributed by atoms with E-state index < -0.39 is 0 Å². The Hall–Kier alpha value is -0.570. The summed E-state index contributed by atoms with van der Waals surface area (Å²) in [4.78, 5) is 10.7. The number of hydrogen-bond acceptors (Lipinski definition) is 3. The Morgan fingerprint density at radius 2 is 2.27 bits per heavy atom. The molecule has 1 fully saturated rings. The van der Waals surface area contributed by atoms with Crippen LogP contribution in [0.4, 0.5) is 0 Å². The molecular formula is C8H14O3. The molecule has 11 heavy (non-hydrogen) atoms. The van der Waals surface area contributed by atoms with Gasteiger partial charge < -0.3 is 9.47 Å². The largest absolute Gasteiger partial charge is 0.469 e. The maximum Gasteiger partial charge on any atom is 0.308 e. The molecule has 1 heterocycles. The van der Waals surface area contributed by atoms with E-state index in [1.54, 1.807) is 0 Å². The van der Waals surface area contributed by atoms with Crippen LogP contribution in [0.5, 0.6) is 0 Å². The lowest BCUT2D eigenvalue weighted by molar-refractivity contribution is -0.140. The summed E-state index contributed by atoms with van der Waals surface area (Å²) in [7, 11) is 1.40. The molecule has 1 aliphatic rings. The van der Waals surface area contributed by atoms with Crippen LogP contribution in [-0.4, -0.2) is 25.3 Å². The van der Waals surface area contributed by atoms with Crippen molar-refractivity contribution in [2.24, 2.45) is 0 Å². The number of rotatable bonds is 4. The Bertz CT molecular complexity index is 144. The van der Waals surface area contributed by atoms with Crippen molar-refractivity contribution in [1.82, 2.24) is 0 Å². The normalized spacial score (nSPS) is 28.2. The summed E-state index contributed by atoms with van der Waals surface area (Å²) < 4.78 is 9.74. The summed E-state index contributed by atoms with van der Waals surface area (Å²) in [6.07, 6.45) is 3.05. The van der Waals surface area contributed by atoms with Gasteiger partial charge in [0.25, 0.3) is 0 Å². The summed E-state index contributed by atoms with van der Waals surface area (Å²) in [6.45, 7) is 2.11. The lowest BCUT2D eigenvalue weighted by atomic mass is 10.2. The van der Waals surface area contributed by atoms with E-state index in [1.807, 2.05) is 0 Å². The van der Waals surface area contributed by atoms with Crippen molar-refractivity contribution in [1.29, 1.82) is 0 Å². The van der Waals surface area contributed by atoms with E-state index in [0.717, 1.165) is 12.8 Å². The Morgan fingerprint density at radius 3 is 2.82 bits per heavy atom. The summed E-state index contributed by atoms with van der Waals surface area (Å²) in [5.41, 5.74) is 0. The third-order valence-corrected chi connectivity index (χ3v) is 1.86. The number of esters is 1. The highest BCUT2D eigenvalue weighted by atomic mass is 16.6. The van der Waals surface area contributed by atoms with E-state index in [1.165, 1.54) is 7.11 Å². The first kappa shape index (κ1) is 8.53. The van der Waals surface area contributed by atoms with Crippen molar-refractivity contribution in [2.45, 2.75) is 38.4 Å². The smallest absolute Gasteiger partial charge is 0.308 e. The van der Waals surface area contributed by atoms with Crippen LogP contribution < -0.4 is 0 Å². The van der Waals surface area contributed by atoms with E-state index in [9.17, 15) is 4.79 Å². The van der Waals surface area contributed by atoms with Gasteiger partial charge in [0.15, 0.2) is 0 Å². The molecule has 2 atom stereocenters. The first-order chi connectivity index (χ1) is 5.27. The van der Waals surface area contributed by atoms with E-state index in [2.05, 4.69) is 11.7 Å². The molecule has 0 bridgehead atoms. The minimum Gasteiger partial charge on any atom is -0.469 e. The summed E-state index contributed by atoms with van der Waals surface area (Å²) in [6, 6.07) is 0. The van der Waals surface area contributed by atoms with Crippen LogP contribution in [0.3, 0.4) is 0 Å². The molecular weight excluding hydrogens is 144 g/mol. The molecule has 3 heteroatoms. The lowest BCUT2D eigenvalue weighted by Crippen LogP contribution is -2.06. The van der Waals surface area contributed by atoms with Crippen LogP contribution in [0.15, 0.2) is 0 Å². The molecule has 1 rings (SSSR count). The molecule has 1 saturated heterocycles. The molecule has 0 aliphatic carbocycles. The average molecular weight is 158 g/mol. The lowest BCUT2D eigenvalue weighted by Gasteiger charge is -1.93. The predicted molar refractivity (Wildman–Crippen MR) is 40.2 cm³/mol. The van der Waals surface area contributed by atoms with Gasteiger partial charge >= 0.3 is 5.97 Å². The molecule has 0 saturated carbocycles. The highest BCUT2D eigenvalue weighted by molar-refractivity contribution is 5.70. The number of hydrogen-bond donors (Lipinski definition) is 0. The molecule has 0 aromatic heterocycles. The number of carbonyl (C=O) groups excluding carboxylic acids is 1. The van der Waals surface area contributed by atoms with Gasteiger partial charge in [-0.05, 0) is 6.42 Å². The Balaban J connectivity index is 2.08. The molecule has 0 aromatic rings. The molecule has 1 aliphatic heterocycles. The van der Waals surface area contributed by atoms with Crippen molar-refractivity contribution in [3.8, 4) is 0 Å². The molecule has 0 N–H and O–H groups in total. The molecule has 0 amide bonds. The average Bonchev–Trinajstić information content (AvgIpc) is 2.69.